The van der Waals surface area contributed by atoms with Crippen molar-refractivity contribution in [3.8, 4) is 0 Å². The van der Waals surface area contributed by atoms with Crippen LogP contribution < -0.4 is 0 Å². The molecule has 3 rings (SSSR count). The highest BCUT2D eigenvalue weighted by atomic mass is 14.6. The van der Waals surface area contributed by atoms with E-state index in [4.69, 9.17) is 0 Å². The number of rotatable bonds is 2. The summed E-state index contributed by atoms with van der Waals surface area (Å²) in [6.45, 7) is 5.30. The molecule has 0 amide bonds. The molecule has 116 valence electrons. The molecule has 20 heavy (non-hydrogen) atoms. The quantitative estimate of drug-likeness (QED) is 0.524. The Hall–Kier alpha value is 0. The first-order valence-electron chi connectivity index (χ1n) is 9.67. The van der Waals surface area contributed by atoms with E-state index in [0.29, 0.717) is 10.8 Å². The second-order valence-corrected chi connectivity index (χ2v) is 8.80. The van der Waals surface area contributed by atoms with Crippen LogP contribution in [0.2, 0.25) is 0 Å². The van der Waals surface area contributed by atoms with Gasteiger partial charge in [0.1, 0.15) is 0 Å². The van der Waals surface area contributed by atoms with Gasteiger partial charge in [-0.2, -0.15) is 0 Å². The molecular formula is C20H36. The molecule has 0 nitrogen and oxygen atoms in total. The summed E-state index contributed by atoms with van der Waals surface area (Å²) >= 11 is 0. The van der Waals surface area contributed by atoms with Gasteiger partial charge in [-0.1, -0.05) is 65.2 Å². The van der Waals surface area contributed by atoms with Crippen molar-refractivity contribution in [2.45, 2.75) is 104 Å². The second-order valence-electron chi connectivity index (χ2n) is 8.80. The van der Waals surface area contributed by atoms with Gasteiger partial charge in [0, 0.05) is 0 Å². The zero-order chi connectivity index (χ0) is 14.1. The van der Waals surface area contributed by atoms with Crippen LogP contribution >= 0.6 is 0 Å². The lowest BCUT2D eigenvalue weighted by molar-refractivity contribution is -0.111. The largest absolute Gasteiger partial charge is 0.0594 e. The number of hydrogen-bond acceptors (Lipinski definition) is 0. The predicted octanol–water partition coefficient (Wildman–Crippen LogP) is 6.73. The Morgan fingerprint density at radius 1 is 0.550 bits per heavy atom. The molecule has 3 aliphatic rings. The van der Waals surface area contributed by atoms with E-state index in [1.165, 1.54) is 57.8 Å². The zero-order valence-corrected chi connectivity index (χ0v) is 14.1. The minimum atomic E-state index is 0.606. The van der Waals surface area contributed by atoms with Crippen LogP contribution in [-0.2, 0) is 0 Å². The van der Waals surface area contributed by atoms with Crippen molar-refractivity contribution in [2.75, 3.05) is 0 Å². The van der Waals surface area contributed by atoms with Gasteiger partial charge in [-0.25, -0.2) is 0 Å². The second kappa shape index (κ2) is 6.01. The molecule has 0 saturated heterocycles. The molecule has 0 N–H and O–H groups in total. The summed E-state index contributed by atoms with van der Waals surface area (Å²) in [4.78, 5) is 0. The van der Waals surface area contributed by atoms with Crippen LogP contribution in [0.15, 0.2) is 0 Å². The van der Waals surface area contributed by atoms with E-state index in [9.17, 15) is 0 Å². The average molecular weight is 277 g/mol. The van der Waals surface area contributed by atoms with Crippen molar-refractivity contribution < 1.29 is 0 Å². The molecule has 0 radical (unpaired) electrons. The molecule has 0 bridgehead atoms. The highest BCUT2D eigenvalue weighted by Crippen LogP contribution is 2.64. The molecule has 0 unspecified atom stereocenters. The number of hydrogen-bond donors (Lipinski definition) is 0. The minimum absolute atomic E-state index is 0.606. The van der Waals surface area contributed by atoms with Gasteiger partial charge in [-0.3, -0.25) is 0 Å². The molecule has 3 saturated carbocycles. The minimum Gasteiger partial charge on any atom is -0.0594 e. The van der Waals surface area contributed by atoms with Gasteiger partial charge in [-0.15, -0.1) is 0 Å². The highest BCUT2D eigenvalue weighted by molar-refractivity contribution is 5.04. The first kappa shape index (κ1) is 14.9. The Bertz CT molecular complexity index is 284. The molecule has 0 aromatic heterocycles. The van der Waals surface area contributed by atoms with Crippen molar-refractivity contribution in [3.63, 3.8) is 0 Å². The van der Waals surface area contributed by atoms with E-state index < -0.39 is 0 Å². The first-order valence-corrected chi connectivity index (χ1v) is 9.67. The Morgan fingerprint density at radius 2 is 1.00 bits per heavy atom. The third-order valence-corrected chi connectivity index (χ3v) is 7.57. The van der Waals surface area contributed by atoms with Crippen molar-refractivity contribution >= 4 is 0 Å². The van der Waals surface area contributed by atoms with Crippen molar-refractivity contribution in [2.24, 2.45) is 22.7 Å². The average Bonchev–Trinajstić information content (AvgIpc) is 2.49. The van der Waals surface area contributed by atoms with Crippen molar-refractivity contribution in [1.29, 1.82) is 0 Å². The lowest BCUT2D eigenvalue weighted by Gasteiger charge is -2.60. The fourth-order valence-electron chi connectivity index (χ4n) is 6.64. The van der Waals surface area contributed by atoms with E-state index in [-0.39, 0.29) is 0 Å². The molecule has 3 fully saturated rings. The van der Waals surface area contributed by atoms with Crippen LogP contribution in [-0.4, -0.2) is 0 Å². The van der Waals surface area contributed by atoms with Gasteiger partial charge >= 0.3 is 0 Å². The van der Waals surface area contributed by atoms with Crippen molar-refractivity contribution in [1.82, 2.24) is 0 Å². The Morgan fingerprint density at radius 3 is 1.45 bits per heavy atom. The SMILES string of the molecule is CC1(C)CCCCC1(C1CCCCC1)C1CCCCC1. The standard InChI is InChI=1S/C20H36/c1-19(2)15-9-10-16-20(19,17-11-5-3-6-12-17)18-13-7-4-8-14-18/h17-18H,3-16H2,1-2H3. The van der Waals surface area contributed by atoms with Crippen LogP contribution in [0.5, 0.6) is 0 Å². The lowest BCUT2D eigenvalue weighted by atomic mass is 9.44. The summed E-state index contributed by atoms with van der Waals surface area (Å²) < 4.78 is 0. The van der Waals surface area contributed by atoms with Crippen LogP contribution in [0, 0.1) is 22.7 Å². The summed E-state index contributed by atoms with van der Waals surface area (Å²) in [7, 11) is 0. The lowest BCUT2D eigenvalue weighted by Crippen LogP contribution is -2.52. The predicted molar refractivity (Wildman–Crippen MR) is 87.8 cm³/mol. The molecule has 0 aromatic rings. The molecule has 0 heteroatoms. The van der Waals surface area contributed by atoms with Crippen LogP contribution in [0.25, 0.3) is 0 Å². The Kier molecular flexibility index (Phi) is 4.48. The summed E-state index contributed by atoms with van der Waals surface area (Å²) in [6, 6.07) is 0. The van der Waals surface area contributed by atoms with Crippen LogP contribution in [0.1, 0.15) is 104 Å². The van der Waals surface area contributed by atoms with E-state index in [2.05, 4.69) is 13.8 Å². The normalized spacial score (nSPS) is 32.1. The van der Waals surface area contributed by atoms with E-state index in [1.54, 1.807) is 32.1 Å². The van der Waals surface area contributed by atoms with Gasteiger partial charge in [0.2, 0.25) is 0 Å². The van der Waals surface area contributed by atoms with Crippen LogP contribution in [0.3, 0.4) is 0 Å². The van der Waals surface area contributed by atoms with E-state index in [0.717, 1.165) is 11.8 Å². The van der Waals surface area contributed by atoms with E-state index >= 15 is 0 Å². The van der Waals surface area contributed by atoms with Gasteiger partial charge in [0.25, 0.3) is 0 Å². The molecule has 3 aliphatic carbocycles. The maximum Gasteiger partial charge on any atom is -0.0190 e. The zero-order valence-electron chi connectivity index (χ0n) is 14.1. The summed E-state index contributed by atoms with van der Waals surface area (Å²) in [5.74, 6) is 2.13. The Labute approximate surface area is 127 Å². The molecular weight excluding hydrogens is 240 g/mol. The first-order chi connectivity index (χ1) is 9.67. The fraction of sp³-hybridized carbons (Fsp3) is 1.00. The monoisotopic (exact) mass is 276 g/mol. The van der Waals surface area contributed by atoms with Gasteiger partial charge in [0.05, 0.1) is 0 Å². The van der Waals surface area contributed by atoms with Gasteiger partial charge in [0.15, 0.2) is 0 Å². The van der Waals surface area contributed by atoms with E-state index in [1.807, 2.05) is 0 Å². The smallest absolute Gasteiger partial charge is 0.0190 e. The maximum absolute atomic E-state index is 2.65. The molecule has 0 aliphatic heterocycles. The molecule has 0 heterocycles. The Balaban J connectivity index is 1.91. The highest BCUT2D eigenvalue weighted by Gasteiger charge is 2.55. The summed E-state index contributed by atoms with van der Waals surface area (Å²) in [5, 5.41) is 0. The van der Waals surface area contributed by atoms with Gasteiger partial charge < -0.3 is 0 Å². The summed E-state index contributed by atoms with van der Waals surface area (Å²) in [5.41, 5.74) is 1.32. The molecule has 0 spiro atoms. The molecule has 0 aromatic carbocycles. The topological polar surface area (TPSA) is 0 Å². The van der Waals surface area contributed by atoms with Crippen molar-refractivity contribution in [3.05, 3.63) is 0 Å². The van der Waals surface area contributed by atoms with Gasteiger partial charge in [-0.05, 0) is 61.2 Å². The molecule has 0 atom stereocenters. The fourth-order valence-corrected chi connectivity index (χ4v) is 6.64. The third kappa shape index (κ3) is 2.46. The maximum atomic E-state index is 2.65. The van der Waals surface area contributed by atoms with Crippen LogP contribution in [0.4, 0.5) is 0 Å². The summed E-state index contributed by atoms with van der Waals surface area (Å²) in [6.07, 6.45) is 21.4. The third-order valence-electron chi connectivity index (χ3n) is 7.57.